The van der Waals surface area contributed by atoms with Gasteiger partial charge in [-0.05, 0) is 22.6 Å². The van der Waals surface area contributed by atoms with Crippen molar-refractivity contribution in [3.8, 4) is 0 Å². The number of pyridine rings is 1. The number of nitrogens with zero attached hydrogens (tertiary/aromatic N) is 5. The second kappa shape index (κ2) is 5.51. The van der Waals surface area contributed by atoms with Crippen LogP contribution in [0.3, 0.4) is 0 Å². The number of carbonyl (C=O) groups is 1. The first kappa shape index (κ1) is 14.3. The van der Waals surface area contributed by atoms with Crippen molar-refractivity contribution >= 4 is 21.6 Å². The summed E-state index contributed by atoms with van der Waals surface area (Å²) >= 11 is 0. The first-order valence-corrected chi connectivity index (χ1v) is 7.37. The lowest BCUT2D eigenvalue weighted by atomic mass is 10.2. The number of tetrazole rings is 1. The van der Waals surface area contributed by atoms with Crippen molar-refractivity contribution in [2.24, 2.45) is 0 Å². The number of carbonyl (C=O) groups excluding carboxylic acids is 1. The van der Waals surface area contributed by atoms with E-state index in [0.29, 0.717) is 11.2 Å². The van der Waals surface area contributed by atoms with E-state index in [0.717, 1.165) is 4.31 Å². The minimum absolute atomic E-state index is 0.0372. The van der Waals surface area contributed by atoms with Crippen molar-refractivity contribution in [1.82, 2.24) is 29.7 Å². The molecule has 2 aromatic rings. The van der Waals surface area contributed by atoms with E-state index in [-0.39, 0.29) is 18.2 Å². The third-order valence-corrected chi connectivity index (χ3v) is 4.49. The molecule has 0 saturated carbocycles. The highest BCUT2D eigenvalue weighted by atomic mass is 32.2. The Morgan fingerprint density at radius 2 is 2.20 bits per heavy atom. The molecule has 0 unspecified atom stereocenters. The Morgan fingerprint density at radius 1 is 1.45 bits per heavy atom. The molecule has 9 nitrogen and oxygen atoms in total. The average molecular weight is 298 g/mol. The van der Waals surface area contributed by atoms with Crippen LogP contribution in [-0.2, 0) is 10.0 Å². The van der Waals surface area contributed by atoms with Gasteiger partial charge in [0.25, 0.3) is 5.91 Å². The molecule has 2 aromatic heterocycles. The van der Waals surface area contributed by atoms with E-state index < -0.39 is 10.0 Å². The maximum Gasteiger partial charge on any atom is 0.251 e. The van der Waals surface area contributed by atoms with Gasteiger partial charge in [0, 0.05) is 32.4 Å². The molecule has 0 atom stereocenters. The first-order chi connectivity index (χ1) is 9.40. The van der Waals surface area contributed by atoms with Crippen LogP contribution < -0.4 is 5.32 Å². The number of rotatable bonds is 5. The molecule has 2 rings (SSSR count). The zero-order chi connectivity index (χ0) is 14.8. The Kier molecular flexibility index (Phi) is 3.95. The maximum atomic E-state index is 11.9. The van der Waals surface area contributed by atoms with Crippen LogP contribution in [0.25, 0.3) is 5.65 Å². The Balaban J connectivity index is 1.98. The van der Waals surface area contributed by atoms with E-state index in [1.165, 1.54) is 24.7 Å². The number of hydrogen-bond donors (Lipinski definition) is 1. The Labute approximate surface area is 115 Å². The summed E-state index contributed by atoms with van der Waals surface area (Å²) in [6, 6.07) is 3.08. The van der Waals surface area contributed by atoms with Crippen LogP contribution in [0.2, 0.25) is 0 Å². The third kappa shape index (κ3) is 3.08. The van der Waals surface area contributed by atoms with Crippen molar-refractivity contribution in [2.75, 3.05) is 26.4 Å². The van der Waals surface area contributed by atoms with E-state index >= 15 is 0 Å². The van der Waals surface area contributed by atoms with Crippen molar-refractivity contribution in [1.29, 1.82) is 0 Å². The number of amides is 1. The van der Waals surface area contributed by atoms with E-state index in [1.54, 1.807) is 12.3 Å². The van der Waals surface area contributed by atoms with E-state index in [2.05, 4.69) is 20.8 Å². The quantitative estimate of drug-likeness (QED) is 0.738. The van der Waals surface area contributed by atoms with Gasteiger partial charge in [0.2, 0.25) is 10.0 Å². The molecule has 20 heavy (non-hydrogen) atoms. The van der Waals surface area contributed by atoms with E-state index in [9.17, 15) is 13.2 Å². The molecule has 2 heterocycles. The van der Waals surface area contributed by atoms with Crippen molar-refractivity contribution < 1.29 is 13.2 Å². The number of nitrogens with one attached hydrogen (secondary N) is 1. The van der Waals surface area contributed by atoms with Gasteiger partial charge in [-0.2, -0.15) is 0 Å². The molecule has 108 valence electrons. The van der Waals surface area contributed by atoms with Gasteiger partial charge in [-0.3, -0.25) is 4.79 Å². The second-order valence-corrected chi connectivity index (χ2v) is 6.55. The smallest absolute Gasteiger partial charge is 0.251 e. The van der Waals surface area contributed by atoms with Gasteiger partial charge in [-0.1, -0.05) is 0 Å². The zero-order valence-electron chi connectivity index (χ0n) is 11.0. The van der Waals surface area contributed by atoms with Gasteiger partial charge < -0.3 is 5.32 Å². The molecule has 0 aliphatic carbocycles. The van der Waals surface area contributed by atoms with Crippen LogP contribution >= 0.6 is 0 Å². The van der Waals surface area contributed by atoms with Crippen molar-refractivity contribution in [3.05, 3.63) is 23.9 Å². The largest absolute Gasteiger partial charge is 0.351 e. The Hall–Kier alpha value is -2.07. The van der Waals surface area contributed by atoms with Gasteiger partial charge in [-0.15, -0.1) is 5.10 Å². The standard InChI is InChI=1S/C10H14N6O3S/c1-15(2)20(18,19)6-4-11-10(17)8-3-5-16-9(7-8)12-13-14-16/h3,5,7H,4,6H2,1-2H3,(H,11,17). The summed E-state index contributed by atoms with van der Waals surface area (Å²) in [5.41, 5.74) is 0.813. The van der Waals surface area contributed by atoms with Crippen LogP contribution in [0.15, 0.2) is 18.3 Å². The molecule has 0 bridgehead atoms. The van der Waals surface area contributed by atoms with Crippen molar-refractivity contribution in [3.63, 3.8) is 0 Å². The monoisotopic (exact) mass is 298 g/mol. The highest BCUT2D eigenvalue weighted by molar-refractivity contribution is 7.89. The van der Waals surface area contributed by atoms with Gasteiger partial charge in [0.15, 0.2) is 5.65 Å². The fraction of sp³-hybridized carbons (Fsp3) is 0.400. The minimum atomic E-state index is -3.32. The molecule has 0 spiro atoms. The molecule has 0 saturated heterocycles. The van der Waals surface area contributed by atoms with Gasteiger partial charge in [0.1, 0.15) is 0 Å². The summed E-state index contributed by atoms with van der Waals surface area (Å²) in [7, 11) is -0.424. The van der Waals surface area contributed by atoms with Crippen LogP contribution in [-0.4, -0.2) is 65.1 Å². The number of hydrogen-bond acceptors (Lipinski definition) is 6. The van der Waals surface area contributed by atoms with Gasteiger partial charge in [-0.25, -0.2) is 17.2 Å². The maximum absolute atomic E-state index is 11.9. The first-order valence-electron chi connectivity index (χ1n) is 5.76. The number of aromatic nitrogens is 4. The molecule has 0 radical (unpaired) electrons. The Bertz CT molecular complexity index is 723. The molecule has 0 aromatic carbocycles. The number of fused-ring (bicyclic) bond motifs is 1. The fourth-order valence-corrected chi connectivity index (χ4v) is 2.18. The fourth-order valence-electron chi connectivity index (χ4n) is 1.46. The van der Waals surface area contributed by atoms with Gasteiger partial charge in [0.05, 0.1) is 5.75 Å². The molecule has 10 heteroatoms. The molecular formula is C10H14N6O3S. The normalized spacial score (nSPS) is 11.9. The molecule has 0 aliphatic rings. The van der Waals surface area contributed by atoms with E-state index in [4.69, 9.17) is 0 Å². The van der Waals surface area contributed by atoms with Crippen LogP contribution in [0, 0.1) is 0 Å². The zero-order valence-corrected chi connectivity index (χ0v) is 11.8. The number of sulfonamides is 1. The minimum Gasteiger partial charge on any atom is -0.351 e. The molecule has 0 fully saturated rings. The summed E-state index contributed by atoms with van der Waals surface area (Å²) in [5, 5.41) is 13.4. The molecule has 1 N–H and O–H groups in total. The highest BCUT2D eigenvalue weighted by Gasteiger charge is 2.14. The van der Waals surface area contributed by atoms with Gasteiger partial charge >= 0.3 is 0 Å². The lowest BCUT2D eigenvalue weighted by molar-refractivity contribution is 0.0956. The molecule has 1 amide bonds. The predicted octanol–water partition coefficient (Wildman–Crippen LogP) is -1.25. The lowest BCUT2D eigenvalue weighted by Gasteiger charge is -2.11. The lowest BCUT2D eigenvalue weighted by Crippen LogP contribution is -2.33. The molecule has 0 aliphatic heterocycles. The van der Waals surface area contributed by atoms with E-state index in [1.807, 2.05) is 0 Å². The SMILES string of the molecule is CN(C)S(=O)(=O)CCNC(=O)c1ccn2nnnc2c1. The second-order valence-electron chi connectivity index (χ2n) is 4.25. The highest BCUT2D eigenvalue weighted by Crippen LogP contribution is 2.03. The summed E-state index contributed by atoms with van der Waals surface area (Å²) in [5.74, 6) is -0.523. The van der Waals surface area contributed by atoms with Crippen LogP contribution in [0.4, 0.5) is 0 Å². The Morgan fingerprint density at radius 3 is 2.90 bits per heavy atom. The summed E-state index contributed by atoms with van der Waals surface area (Å²) in [6.45, 7) is 0.0372. The van der Waals surface area contributed by atoms with Crippen molar-refractivity contribution in [2.45, 2.75) is 0 Å². The topological polar surface area (TPSA) is 110 Å². The summed E-state index contributed by atoms with van der Waals surface area (Å²) < 4.78 is 25.6. The third-order valence-electron chi connectivity index (χ3n) is 2.66. The summed E-state index contributed by atoms with van der Waals surface area (Å²) in [6.07, 6.45) is 1.56. The molecular weight excluding hydrogens is 284 g/mol. The van der Waals surface area contributed by atoms with Crippen LogP contribution in [0.1, 0.15) is 10.4 Å². The van der Waals surface area contributed by atoms with Crippen LogP contribution in [0.5, 0.6) is 0 Å². The summed E-state index contributed by atoms with van der Waals surface area (Å²) in [4.78, 5) is 11.9. The average Bonchev–Trinajstić information content (AvgIpc) is 2.85. The predicted molar refractivity (Wildman–Crippen MR) is 70.6 cm³/mol.